The van der Waals surface area contributed by atoms with Gasteiger partial charge in [0.05, 0.1) is 3.57 Å². The number of carboxylic acids is 1. The van der Waals surface area contributed by atoms with E-state index >= 15 is 0 Å². The molecule has 14 heavy (non-hydrogen) atoms. The van der Waals surface area contributed by atoms with Gasteiger partial charge in [0, 0.05) is 0 Å². The molecule has 0 saturated heterocycles. The molecule has 0 bridgehead atoms. The molecular weight excluding hydrogens is 294 g/mol. The second kappa shape index (κ2) is 4.61. The molecule has 1 aromatic rings. The molecule has 0 amide bonds. The van der Waals surface area contributed by atoms with Crippen molar-refractivity contribution in [1.82, 2.24) is 0 Å². The number of halogens is 1. The summed E-state index contributed by atoms with van der Waals surface area (Å²) in [6.45, 7) is 0. The number of nitrogens with two attached hydrogens (primary N) is 1. The number of benzene rings is 1. The Morgan fingerprint density at radius 3 is 2.71 bits per heavy atom. The van der Waals surface area contributed by atoms with Crippen LogP contribution in [0.25, 0.3) is 0 Å². The van der Waals surface area contributed by atoms with Gasteiger partial charge >= 0.3 is 5.97 Å². The third-order valence-electron chi connectivity index (χ3n) is 1.78. The fourth-order valence-electron chi connectivity index (χ4n) is 1.02. The minimum absolute atomic E-state index is 0.193. The first kappa shape index (κ1) is 11.3. The molecule has 0 aliphatic rings. The summed E-state index contributed by atoms with van der Waals surface area (Å²) in [6, 6.07) is 4.03. The lowest BCUT2D eigenvalue weighted by atomic mass is 10.1. The Kier molecular flexibility index (Phi) is 3.70. The van der Waals surface area contributed by atoms with E-state index in [1.807, 2.05) is 22.6 Å². The fourth-order valence-corrected chi connectivity index (χ4v) is 1.60. The molecule has 1 rings (SSSR count). The van der Waals surface area contributed by atoms with Crippen LogP contribution in [0.4, 0.5) is 0 Å². The van der Waals surface area contributed by atoms with Crippen LogP contribution in [-0.2, 0) is 11.2 Å². The molecule has 0 spiro atoms. The molecular formula is C9H10INO3. The summed E-state index contributed by atoms with van der Waals surface area (Å²) in [5.74, 6) is -0.827. The lowest BCUT2D eigenvalue weighted by Gasteiger charge is -2.07. The zero-order valence-corrected chi connectivity index (χ0v) is 9.43. The van der Waals surface area contributed by atoms with E-state index in [0.717, 1.165) is 5.56 Å². The van der Waals surface area contributed by atoms with E-state index in [-0.39, 0.29) is 12.2 Å². The Hall–Kier alpha value is -0.820. The first-order valence-electron chi connectivity index (χ1n) is 3.96. The maximum atomic E-state index is 10.5. The topological polar surface area (TPSA) is 83.5 Å². The molecule has 0 aliphatic carbocycles. The van der Waals surface area contributed by atoms with E-state index in [2.05, 4.69) is 0 Å². The van der Waals surface area contributed by atoms with E-state index in [1.165, 1.54) is 6.07 Å². The van der Waals surface area contributed by atoms with Crippen molar-refractivity contribution in [3.8, 4) is 5.75 Å². The lowest BCUT2D eigenvalue weighted by molar-refractivity contribution is -0.138. The number of rotatable bonds is 3. The van der Waals surface area contributed by atoms with Gasteiger partial charge in [0.25, 0.3) is 0 Å². The Morgan fingerprint density at radius 1 is 1.57 bits per heavy atom. The van der Waals surface area contributed by atoms with Crippen LogP contribution in [0, 0.1) is 3.57 Å². The average Bonchev–Trinajstić information content (AvgIpc) is 2.11. The predicted molar refractivity (Wildman–Crippen MR) is 60.1 cm³/mol. The van der Waals surface area contributed by atoms with Gasteiger partial charge in [-0.2, -0.15) is 0 Å². The predicted octanol–water partition coefficient (Wildman–Crippen LogP) is 0.951. The minimum Gasteiger partial charge on any atom is -0.507 e. The summed E-state index contributed by atoms with van der Waals surface area (Å²) in [4.78, 5) is 10.5. The zero-order valence-electron chi connectivity index (χ0n) is 7.27. The largest absolute Gasteiger partial charge is 0.507 e. The molecule has 0 aromatic heterocycles. The molecule has 1 aromatic carbocycles. The highest BCUT2D eigenvalue weighted by Crippen LogP contribution is 2.20. The number of aromatic hydroxyl groups is 1. The first-order valence-corrected chi connectivity index (χ1v) is 5.04. The molecule has 4 nitrogen and oxygen atoms in total. The second-order valence-corrected chi connectivity index (χ2v) is 4.10. The van der Waals surface area contributed by atoms with Gasteiger partial charge in [-0.05, 0) is 46.7 Å². The summed E-state index contributed by atoms with van der Waals surface area (Å²) in [6.07, 6.45) is 0.269. The summed E-state index contributed by atoms with van der Waals surface area (Å²) < 4.78 is 0.692. The lowest BCUT2D eigenvalue weighted by Crippen LogP contribution is -2.32. The highest BCUT2D eigenvalue weighted by Gasteiger charge is 2.12. The molecule has 4 N–H and O–H groups in total. The third-order valence-corrected chi connectivity index (χ3v) is 2.65. The van der Waals surface area contributed by atoms with Crippen LogP contribution >= 0.6 is 22.6 Å². The number of phenols is 1. The summed E-state index contributed by atoms with van der Waals surface area (Å²) >= 11 is 1.98. The van der Waals surface area contributed by atoms with Crippen LogP contribution in [0.3, 0.4) is 0 Å². The van der Waals surface area contributed by atoms with Crippen molar-refractivity contribution < 1.29 is 15.0 Å². The number of aliphatic carboxylic acids is 1. The quantitative estimate of drug-likeness (QED) is 0.726. The minimum atomic E-state index is -1.02. The Balaban J connectivity index is 2.78. The average molecular weight is 304 g/mol. The van der Waals surface area contributed by atoms with Crippen LogP contribution in [0.1, 0.15) is 5.56 Å². The Bertz CT molecular complexity index is 354. The fraction of sp³-hybridized carbons (Fsp3) is 0.222. The Labute approximate surface area is 94.9 Å². The summed E-state index contributed by atoms with van der Waals surface area (Å²) in [7, 11) is 0. The number of carboxylic acid groups (broad SMARTS) is 1. The van der Waals surface area contributed by atoms with E-state index in [9.17, 15) is 9.90 Å². The normalized spacial score (nSPS) is 12.4. The van der Waals surface area contributed by atoms with Crippen molar-refractivity contribution in [3.63, 3.8) is 0 Å². The first-order chi connectivity index (χ1) is 6.50. The van der Waals surface area contributed by atoms with Gasteiger partial charge in [0.2, 0.25) is 0 Å². The van der Waals surface area contributed by atoms with E-state index in [0.29, 0.717) is 3.57 Å². The van der Waals surface area contributed by atoms with Crippen LogP contribution in [0.15, 0.2) is 18.2 Å². The maximum Gasteiger partial charge on any atom is 0.320 e. The van der Waals surface area contributed by atoms with Gasteiger partial charge in [0.1, 0.15) is 11.8 Å². The molecule has 0 saturated carbocycles. The van der Waals surface area contributed by atoms with Crippen molar-refractivity contribution in [2.75, 3.05) is 0 Å². The highest BCUT2D eigenvalue weighted by molar-refractivity contribution is 14.1. The van der Waals surface area contributed by atoms with E-state index in [4.69, 9.17) is 10.8 Å². The monoisotopic (exact) mass is 304 g/mol. The number of hydrogen-bond acceptors (Lipinski definition) is 3. The van der Waals surface area contributed by atoms with Crippen molar-refractivity contribution >= 4 is 28.6 Å². The van der Waals surface area contributed by atoms with Crippen molar-refractivity contribution in [1.29, 1.82) is 0 Å². The smallest absolute Gasteiger partial charge is 0.320 e. The van der Waals surface area contributed by atoms with Gasteiger partial charge in [-0.25, -0.2) is 0 Å². The molecule has 0 unspecified atom stereocenters. The maximum absolute atomic E-state index is 10.5. The molecule has 5 heteroatoms. The molecule has 1 atom stereocenters. The molecule has 0 aliphatic heterocycles. The standard InChI is InChI=1S/C9H10INO3/c10-6-3-5(1-2-8(6)12)4-7(11)9(13)14/h1-3,7,12H,4,11H2,(H,13,14)/t7-/m0/s1/i10-3. The van der Waals surface area contributed by atoms with Gasteiger partial charge in [-0.3, -0.25) is 4.79 Å². The van der Waals surface area contributed by atoms with Crippen LogP contribution in [0.5, 0.6) is 5.75 Å². The van der Waals surface area contributed by atoms with Gasteiger partial charge < -0.3 is 15.9 Å². The number of hydrogen-bond donors (Lipinski definition) is 3. The van der Waals surface area contributed by atoms with Crippen LogP contribution in [-0.4, -0.2) is 22.2 Å². The SMILES string of the molecule is N[C@@H](Cc1ccc(O)c([124I])c1)C(=O)O. The summed E-state index contributed by atoms with van der Waals surface area (Å²) in [5.41, 5.74) is 6.18. The van der Waals surface area contributed by atoms with Crippen LogP contribution in [0.2, 0.25) is 0 Å². The third kappa shape index (κ3) is 2.85. The van der Waals surface area contributed by atoms with Crippen molar-refractivity contribution in [2.45, 2.75) is 12.5 Å². The molecule has 0 fully saturated rings. The number of phenolic OH excluding ortho intramolecular Hbond substituents is 1. The van der Waals surface area contributed by atoms with Gasteiger partial charge in [-0.15, -0.1) is 0 Å². The van der Waals surface area contributed by atoms with Crippen LogP contribution < -0.4 is 5.73 Å². The van der Waals surface area contributed by atoms with Gasteiger partial charge in [0.15, 0.2) is 0 Å². The molecule has 76 valence electrons. The van der Waals surface area contributed by atoms with E-state index < -0.39 is 12.0 Å². The molecule has 0 heterocycles. The number of carbonyl (C=O) groups is 1. The van der Waals surface area contributed by atoms with Gasteiger partial charge in [-0.1, -0.05) is 6.07 Å². The summed E-state index contributed by atoms with van der Waals surface area (Å²) in [5, 5.41) is 17.8. The zero-order chi connectivity index (χ0) is 10.7. The second-order valence-electron chi connectivity index (χ2n) is 2.93. The van der Waals surface area contributed by atoms with E-state index in [1.54, 1.807) is 12.1 Å². The Morgan fingerprint density at radius 2 is 2.21 bits per heavy atom. The highest BCUT2D eigenvalue weighted by atomic mass is 124. The molecule has 0 radical (unpaired) electrons. The van der Waals surface area contributed by atoms with Crippen molar-refractivity contribution in [3.05, 3.63) is 27.3 Å². The van der Waals surface area contributed by atoms with Crippen molar-refractivity contribution in [2.24, 2.45) is 5.73 Å².